The lowest BCUT2D eigenvalue weighted by Crippen LogP contribution is -2.15. The molecule has 0 spiro atoms. The third-order valence-corrected chi connectivity index (χ3v) is 3.09. The largest absolute Gasteiger partial charge is 0.313 e. The SMILES string of the molecule is C=CCCC(NC)c1ccc(Cl)c(Cl)c1. The van der Waals surface area contributed by atoms with Crippen molar-refractivity contribution in [1.29, 1.82) is 0 Å². The summed E-state index contributed by atoms with van der Waals surface area (Å²) in [7, 11) is 1.94. The summed E-state index contributed by atoms with van der Waals surface area (Å²) in [4.78, 5) is 0. The van der Waals surface area contributed by atoms with Crippen LogP contribution in [0.15, 0.2) is 30.9 Å². The van der Waals surface area contributed by atoms with Gasteiger partial charge in [-0.2, -0.15) is 0 Å². The second-order valence-electron chi connectivity index (χ2n) is 3.38. The molecule has 1 nitrogen and oxygen atoms in total. The predicted molar refractivity (Wildman–Crippen MR) is 67.7 cm³/mol. The van der Waals surface area contributed by atoms with E-state index in [1.54, 1.807) is 0 Å². The van der Waals surface area contributed by atoms with Gasteiger partial charge in [0.1, 0.15) is 0 Å². The van der Waals surface area contributed by atoms with Crippen LogP contribution in [-0.4, -0.2) is 7.05 Å². The smallest absolute Gasteiger partial charge is 0.0595 e. The van der Waals surface area contributed by atoms with Gasteiger partial charge in [0.05, 0.1) is 10.0 Å². The zero-order chi connectivity index (χ0) is 11.3. The van der Waals surface area contributed by atoms with E-state index >= 15 is 0 Å². The summed E-state index contributed by atoms with van der Waals surface area (Å²) in [6, 6.07) is 6.04. The molecule has 0 bridgehead atoms. The van der Waals surface area contributed by atoms with Crippen molar-refractivity contribution in [2.45, 2.75) is 18.9 Å². The highest BCUT2D eigenvalue weighted by molar-refractivity contribution is 6.42. The molecule has 82 valence electrons. The van der Waals surface area contributed by atoms with Crippen LogP contribution < -0.4 is 5.32 Å². The maximum Gasteiger partial charge on any atom is 0.0595 e. The highest BCUT2D eigenvalue weighted by Crippen LogP contribution is 2.27. The molecule has 0 fully saturated rings. The molecule has 0 radical (unpaired) electrons. The van der Waals surface area contributed by atoms with Gasteiger partial charge in [-0.05, 0) is 37.6 Å². The van der Waals surface area contributed by atoms with E-state index in [0.29, 0.717) is 16.1 Å². The van der Waals surface area contributed by atoms with Crippen LogP contribution in [-0.2, 0) is 0 Å². The first-order valence-corrected chi connectivity index (χ1v) is 5.67. The van der Waals surface area contributed by atoms with Gasteiger partial charge in [-0.1, -0.05) is 35.3 Å². The summed E-state index contributed by atoms with van der Waals surface area (Å²) in [6.45, 7) is 3.72. The van der Waals surface area contributed by atoms with Crippen molar-refractivity contribution in [1.82, 2.24) is 5.32 Å². The normalized spacial score (nSPS) is 12.5. The molecule has 0 aliphatic carbocycles. The third kappa shape index (κ3) is 3.53. The fraction of sp³-hybridized carbons (Fsp3) is 0.333. The lowest BCUT2D eigenvalue weighted by Gasteiger charge is -2.16. The van der Waals surface area contributed by atoms with Crippen LogP contribution in [0.5, 0.6) is 0 Å². The Labute approximate surface area is 101 Å². The van der Waals surface area contributed by atoms with Gasteiger partial charge in [0.15, 0.2) is 0 Å². The molecule has 0 aliphatic heterocycles. The molecule has 1 atom stereocenters. The minimum absolute atomic E-state index is 0.303. The fourth-order valence-electron chi connectivity index (χ4n) is 1.49. The average molecular weight is 244 g/mol. The van der Waals surface area contributed by atoms with Crippen molar-refractivity contribution < 1.29 is 0 Å². The van der Waals surface area contributed by atoms with Crippen molar-refractivity contribution >= 4 is 23.2 Å². The molecule has 1 rings (SSSR count). The third-order valence-electron chi connectivity index (χ3n) is 2.35. The molecule has 0 saturated carbocycles. The summed E-state index contributed by atoms with van der Waals surface area (Å²) >= 11 is 11.8. The molecule has 0 aromatic heterocycles. The fourth-order valence-corrected chi connectivity index (χ4v) is 1.80. The van der Waals surface area contributed by atoms with E-state index < -0.39 is 0 Å². The van der Waals surface area contributed by atoms with E-state index in [0.717, 1.165) is 18.4 Å². The molecule has 0 heterocycles. The molecular weight excluding hydrogens is 229 g/mol. The monoisotopic (exact) mass is 243 g/mol. The van der Waals surface area contributed by atoms with E-state index in [-0.39, 0.29) is 0 Å². The van der Waals surface area contributed by atoms with Crippen molar-refractivity contribution in [3.05, 3.63) is 46.5 Å². The zero-order valence-corrected chi connectivity index (χ0v) is 10.3. The van der Waals surface area contributed by atoms with Gasteiger partial charge in [-0.15, -0.1) is 6.58 Å². The van der Waals surface area contributed by atoms with E-state index in [9.17, 15) is 0 Å². The molecule has 3 heteroatoms. The zero-order valence-electron chi connectivity index (χ0n) is 8.76. The van der Waals surface area contributed by atoms with Gasteiger partial charge in [0.2, 0.25) is 0 Å². The van der Waals surface area contributed by atoms with E-state index in [1.807, 2.05) is 31.3 Å². The van der Waals surface area contributed by atoms with E-state index in [2.05, 4.69) is 11.9 Å². The summed E-state index contributed by atoms with van der Waals surface area (Å²) in [5.74, 6) is 0. The number of hydrogen-bond donors (Lipinski definition) is 1. The van der Waals surface area contributed by atoms with E-state index in [4.69, 9.17) is 23.2 Å². The minimum Gasteiger partial charge on any atom is -0.313 e. The van der Waals surface area contributed by atoms with Gasteiger partial charge >= 0.3 is 0 Å². The Morgan fingerprint density at radius 3 is 2.67 bits per heavy atom. The number of hydrogen-bond acceptors (Lipinski definition) is 1. The van der Waals surface area contributed by atoms with Crippen LogP contribution in [0.1, 0.15) is 24.4 Å². The predicted octanol–water partition coefficient (Wildman–Crippen LogP) is 4.22. The summed E-state index contributed by atoms with van der Waals surface area (Å²) in [5, 5.41) is 4.45. The first kappa shape index (κ1) is 12.6. The molecule has 15 heavy (non-hydrogen) atoms. The maximum absolute atomic E-state index is 5.97. The standard InChI is InChI=1S/C12H15Cl2N/c1-3-4-5-12(15-2)9-6-7-10(13)11(14)8-9/h3,6-8,12,15H,1,4-5H2,2H3. The highest BCUT2D eigenvalue weighted by atomic mass is 35.5. The second-order valence-corrected chi connectivity index (χ2v) is 4.20. The molecule has 1 unspecified atom stereocenters. The Balaban J connectivity index is 2.82. The van der Waals surface area contributed by atoms with Crippen LogP contribution in [0.25, 0.3) is 0 Å². The highest BCUT2D eigenvalue weighted by Gasteiger charge is 2.09. The minimum atomic E-state index is 0.303. The summed E-state index contributed by atoms with van der Waals surface area (Å²) in [6.07, 6.45) is 3.91. The molecule has 0 aliphatic rings. The quantitative estimate of drug-likeness (QED) is 0.764. The Kier molecular flexibility index (Phi) is 5.16. The molecule has 0 saturated heterocycles. The Bertz CT molecular complexity index is 336. The van der Waals surface area contributed by atoms with Crippen molar-refractivity contribution in [3.8, 4) is 0 Å². The lowest BCUT2D eigenvalue weighted by atomic mass is 10.0. The number of nitrogens with one attached hydrogen (secondary N) is 1. The van der Waals surface area contributed by atoms with Crippen molar-refractivity contribution in [2.75, 3.05) is 7.05 Å². The van der Waals surface area contributed by atoms with Crippen LogP contribution in [0.2, 0.25) is 10.0 Å². The number of rotatable bonds is 5. The molecular formula is C12H15Cl2N. The topological polar surface area (TPSA) is 12.0 Å². The van der Waals surface area contributed by atoms with Crippen LogP contribution in [0.3, 0.4) is 0 Å². The first-order chi connectivity index (χ1) is 7.19. The first-order valence-electron chi connectivity index (χ1n) is 4.92. The van der Waals surface area contributed by atoms with Gasteiger partial charge < -0.3 is 5.32 Å². The van der Waals surface area contributed by atoms with Crippen molar-refractivity contribution in [2.24, 2.45) is 0 Å². The molecule has 1 aromatic carbocycles. The number of halogens is 2. The Morgan fingerprint density at radius 1 is 1.40 bits per heavy atom. The lowest BCUT2D eigenvalue weighted by molar-refractivity contribution is 0.555. The van der Waals surface area contributed by atoms with Crippen LogP contribution >= 0.6 is 23.2 Å². The average Bonchev–Trinajstić information content (AvgIpc) is 2.24. The Hall–Kier alpha value is -0.500. The van der Waals surface area contributed by atoms with Gasteiger partial charge in [0, 0.05) is 6.04 Å². The van der Waals surface area contributed by atoms with Crippen LogP contribution in [0, 0.1) is 0 Å². The maximum atomic E-state index is 5.97. The van der Waals surface area contributed by atoms with Gasteiger partial charge in [-0.3, -0.25) is 0 Å². The summed E-state index contributed by atoms with van der Waals surface area (Å²) in [5.41, 5.74) is 1.16. The Morgan fingerprint density at radius 2 is 2.13 bits per heavy atom. The molecule has 1 aromatic rings. The van der Waals surface area contributed by atoms with Crippen LogP contribution in [0.4, 0.5) is 0 Å². The summed E-state index contributed by atoms with van der Waals surface area (Å²) < 4.78 is 0. The van der Waals surface area contributed by atoms with Gasteiger partial charge in [-0.25, -0.2) is 0 Å². The number of benzene rings is 1. The van der Waals surface area contributed by atoms with Crippen molar-refractivity contribution in [3.63, 3.8) is 0 Å². The van der Waals surface area contributed by atoms with E-state index in [1.165, 1.54) is 0 Å². The molecule has 0 amide bonds. The number of allylic oxidation sites excluding steroid dienone is 1. The second kappa shape index (κ2) is 6.16. The molecule has 1 N–H and O–H groups in total. The van der Waals surface area contributed by atoms with Gasteiger partial charge in [0.25, 0.3) is 0 Å².